The number of rotatable bonds is 2. The first-order valence-corrected chi connectivity index (χ1v) is 6.29. The third kappa shape index (κ3) is 3.03. The Bertz CT molecular complexity index is 584. The second-order valence-corrected chi connectivity index (χ2v) is 4.95. The second-order valence-electron chi connectivity index (χ2n) is 3.63. The normalized spacial score (nSPS) is 10.1. The number of nitrogens with one attached hydrogen (secondary N) is 1. The van der Waals surface area contributed by atoms with Crippen molar-refractivity contribution in [3.63, 3.8) is 0 Å². The molecule has 0 aliphatic heterocycles. The van der Waals surface area contributed by atoms with E-state index in [-0.39, 0.29) is 11.7 Å². The molecule has 2 aromatic rings. The molecule has 0 aliphatic carbocycles. The molecule has 2 rings (SSSR count). The quantitative estimate of drug-likeness (QED) is 0.818. The SMILES string of the molecule is O=C(Nc1ccc(O)cc1Cl)c1ccc(Br)cc1. The summed E-state index contributed by atoms with van der Waals surface area (Å²) in [6.07, 6.45) is 0. The molecule has 0 heterocycles. The molecule has 18 heavy (non-hydrogen) atoms. The first-order valence-electron chi connectivity index (χ1n) is 5.12. The maximum absolute atomic E-state index is 11.9. The average molecular weight is 327 g/mol. The van der Waals surface area contributed by atoms with Crippen LogP contribution in [-0.4, -0.2) is 11.0 Å². The fraction of sp³-hybridized carbons (Fsp3) is 0. The number of phenols is 1. The summed E-state index contributed by atoms with van der Waals surface area (Å²) in [5.74, 6) is -0.197. The van der Waals surface area contributed by atoms with Crippen LogP contribution in [0.15, 0.2) is 46.9 Å². The number of anilines is 1. The van der Waals surface area contributed by atoms with Gasteiger partial charge in [0.05, 0.1) is 10.7 Å². The number of benzene rings is 2. The minimum absolute atomic E-state index is 0.0571. The zero-order valence-electron chi connectivity index (χ0n) is 9.15. The maximum atomic E-state index is 11.9. The van der Waals surface area contributed by atoms with Crippen LogP contribution in [0.2, 0.25) is 5.02 Å². The predicted molar refractivity (Wildman–Crippen MR) is 75.2 cm³/mol. The number of carbonyl (C=O) groups excluding carboxylic acids is 1. The minimum Gasteiger partial charge on any atom is -0.508 e. The van der Waals surface area contributed by atoms with Gasteiger partial charge in [-0.1, -0.05) is 27.5 Å². The van der Waals surface area contributed by atoms with E-state index in [0.717, 1.165) is 4.47 Å². The Morgan fingerprint density at radius 1 is 1.17 bits per heavy atom. The summed E-state index contributed by atoms with van der Waals surface area (Å²) < 4.78 is 0.904. The number of hydrogen-bond acceptors (Lipinski definition) is 2. The Morgan fingerprint density at radius 3 is 2.44 bits per heavy atom. The third-order valence-electron chi connectivity index (χ3n) is 2.31. The summed E-state index contributed by atoms with van der Waals surface area (Å²) in [5, 5.41) is 12.2. The van der Waals surface area contributed by atoms with Crippen molar-refractivity contribution < 1.29 is 9.90 Å². The number of halogens is 2. The van der Waals surface area contributed by atoms with E-state index in [4.69, 9.17) is 11.6 Å². The zero-order chi connectivity index (χ0) is 13.1. The second kappa shape index (κ2) is 5.42. The zero-order valence-corrected chi connectivity index (χ0v) is 11.5. The van der Waals surface area contributed by atoms with Crippen LogP contribution in [0.25, 0.3) is 0 Å². The summed E-state index contributed by atoms with van der Waals surface area (Å²) in [6.45, 7) is 0. The van der Waals surface area contributed by atoms with Gasteiger partial charge >= 0.3 is 0 Å². The largest absolute Gasteiger partial charge is 0.508 e. The smallest absolute Gasteiger partial charge is 0.255 e. The number of hydrogen-bond donors (Lipinski definition) is 2. The molecule has 3 nitrogen and oxygen atoms in total. The summed E-state index contributed by atoms with van der Waals surface area (Å²) >= 11 is 9.20. The van der Waals surface area contributed by atoms with E-state index in [1.165, 1.54) is 12.1 Å². The van der Waals surface area contributed by atoms with Gasteiger partial charge in [0.2, 0.25) is 0 Å². The molecule has 0 radical (unpaired) electrons. The highest BCUT2D eigenvalue weighted by Gasteiger charge is 2.08. The van der Waals surface area contributed by atoms with Crippen LogP contribution < -0.4 is 5.32 Å². The molecule has 5 heteroatoms. The highest BCUT2D eigenvalue weighted by molar-refractivity contribution is 9.10. The van der Waals surface area contributed by atoms with Gasteiger partial charge in [-0.05, 0) is 36.4 Å². The molecule has 0 aromatic heterocycles. The molecular weight excluding hydrogens is 318 g/mol. The van der Waals surface area contributed by atoms with Crippen LogP contribution in [-0.2, 0) is 0 Å². The molecule has 0 fully saturated rings. The molecule has 0 atom stereocenters. The van der Waals surface area contributed by atoms with Crippen molar-refractivity contribution in [1.29, 1.82) is 0 Å². The number of carbonyl (C=O) groups is 1. The molecule has 0 saturated heterocycles. The van der Waals surface area contributed by atoms with Gasteiger partial charge in [-0.25, -0.2) is 0 Å². The molecule has 0 spiro atoms. The van der Waals surface area contributed by atoms with Crippen LogP contribution in [0.5, 0.6) is 5.75 Å². The molecular formula is C13H9BrClNO2. The van der Waals surface area contributed by atoms with Crippen LogP contribution in [0.3, 0.4) is 0 Å². The van der Waals surface area contributed by atoms with Crippen LogP contribution in [0.1, 0.15) is 10.4 Å². The van der Waals surface area contributed by atoms with Gasteiger partial charge < -0.3 is 10.4 Å². The lowest BCUT2D eigenvalue weighted by molar-refractivity contribution is 0.102. The lowest BCUT2D eigenvalue weighted by atomic mass is 10.2. The number of aromatic hydroxyl groups is 1. The van der Waals surface area contributed by atoms with Gasteiger partial charge in [0, 0.05) is 16.1 Å². The van der Waals surface area contributed by atoms with Crippen molar-refractivity contribution in [2.45, 2.75) is 0 Å². The van der Waals surface area contributed by atoms with Crippen molar-refractivity contribution in [1.82, 2.24) is 0 Å². The topological polar surface area (TPSA) is 49.3 Å². The predicted octanol–water partition coefficient (Wildman–Crippen LogP) is 4.06. The van der Waals surface area contributed by atoms with Gasteiger partial charge in [0.15, 0.2) is 0 Å². The first-order chi connectivity index (χ1) is 8.56. The first kappa shape index (κ1) is 12.9. The van der Waals surface area contributed by atoms with Gasteiger partial charge in [0.1, 0.15) is 5.75 Å². The summed E-state index contributed by atoms with van der Waals surface area (Å²) in [5.41, 5.74) is 0.990. The fourth-order valence-corrected chi connectivity index (χ4v) is 1.89. The van der Waals surface area contributed by atoms with Crippen molar-refractivity contribution >= 4 is 39.1 Å². The average Bonchev–Trinajstić information content (AvgIpc) is 2.33. The fourth-order valence-electron chi connectivity index (χ4n) is 1.40. The Balaban J connectivity index is 2.18. The summed E-state index contributed by atoms with van der Waals surface area (Å²) in [6, 6.07) is 11.4. The maximum Gasteiger partial charge on any atom is 0.255 e. The van der Waals surface area contributed by atoms with E-state index in [1.54, 1.807) is 30.3 Å². The third-order valence-corrected chi connectivity index (χ3v) is 3.15. The van der Waals surface area contributed by atoms with E-state index < -0.39 is 0 Å². The minimum atomic E-state index is -0.255. The van der Waals surface area contributed by atoms with Crippen molar-refractivity contribution in [2.24, 2.45) is 0 Å². The van der Waals surface area contributed by atoms with Gasteiger partial charge in [-0.2, -0.15) is 0 Å². The molecule has 1 amide bonds. The van der Waals surface area contributed by atoms with E-state index in [0.29, 0.717) is 16.3 Å². The van der Waals surface area contributed by atoms with Gasteiger partial charge in [0.25, 0.3) is 5.91 Å². The van der Waals surface area contributed by atoms with E-state index >= 15 is 0 Å². The Labute approximate surface area is 118 Å². The number of amides is 1. The van der Waals surface area contributed by atoms with E-state index in [1.807, 2.05) is 0 Å². The molecule has 0 bridgehead atoms. The molecule has 0 saturated carbocycles. The highest BCUT2D eigenvalue weighted by Crippen LogP contribution is 2.26. The molecule has 2 N–H and O–H groups in total. The van der Waals surface area contributed by atoms with E-state index in [9.17, 15) is 9.90 Å². The number of phenolic OH excluding ortho intramolecular Hbond substituents is 1. The highest BCUT2D eigenvalue weighted by atomic mass is 79.9. The summed E-state index contributed by atoms with van der Waals surface area (Å²) in [4.78, 5) is 11.9. The summed E-state index contributed by atoms with van der Waals surface area (Å²) in [7, 11) is 0. The van der Waals surface area contributed by atoms with Crippen molar-refractivity contribution in [3.05, 3.63) is 57.5 Å². The lowest BCUT2D eigenvalue weighted by Gasteiger charge is -2.07. The van der Waals surface area contributed by atoms with E-state index in [2.05, 4.69) is 21.2 Å². The monoisotopic (exact) mass is 325 g/mol. The Morgan fingerprint density at radius 2 is 1.83 bits per heavy atom. The standard InChI is InChI=1S/C13H9BrClNO2/c14-9-3-1-8(2-4-9)13(18)16-12-6-5-10(17)7-11(12)15/h1-7,17H,(H,16,18). The van der Waals surface area contributed by atoms with Crippen LogP contribution >= 0.6 is 27.5 Å². The molecule has 92 valence electrons. The van der Waals surface area contributed by atoms with Crippen LogP contribution in [0.4, 0.5) is 5.69 Å². The Kier molecular flexibility index (Phi) is 3.89. The molecule has 0 aliphatic rings. The Hall–Kier alpha value is -1.52. The van der Waals surface area contributed by atoms with Gasteiger partial charge in [-0.15, -0.1) is 0 Å². The van der Waals surface area contributed by atoms with Crippen molar-refractivity contribution in [3.8, 4) is 5.75 Å². The van der Waals surface area contributed by atoms with Crippen LogP contribution in [0, 0.1) is 0 Å². The van der Waals surface area contributed by atoms with Gasteiger partial charge in [-0.3, -0.25) is 4.79 Å². The van der Waals surface area contributed by atoms with Crippen molar-refractivity contribution in [2.75, 3.05) is 5.32 Å². The molecule has 0 unspecified atom stereocenters. The molecule has 2 aromatic carbocycles. The lowest BCUT2D eigenvalue weighted by Crippen LogP contribution is -2.11.